The van der Waals surface area contributed by atoms with E-state index in [4.69, 9.17) is 0 Å². The second-order valence-corrected chi connectivity index (χ2v) is 7.62. The average molecular weight is 375 g/mol. The minimum absolute atomic E-state index is 0.142. The number of rotatable bonds is 6. The number of nitrogens with one attached hydrogen (secondary N) is 2. The molecule has 1 fully saturated rings. The van der Waals surface area contributed by atoms with Crippen LogP contribution in [-0.2, 0) is 11.3 Å². The number of aromatic nitrogens is 2. The molecule has 0 spiro atoms. The smallest absolute Gasteiger partial charge is 0.273 e. The molecule has 2 N–H and O–H groups in total. The van der Waals surface area contributed by atoms with Gasteiger partial charge in [0.2, 0.25) is 5.91 Å². The third-order valence-corrected chi connectivity index (χ3v) is 5.49. The lowest BCUT2D eigenvalue weighted by Gasteiger charge is -2.43. The molecule has 2 heterocycles. The zero-order valence-corrected chi connectivity index (χ0v) is 16.4. The van der Waals surface area contributed by atoms with Crippen LogP contribution in [0.3, 0.4) is 0 Å². The Kier molecular flexibility index (Phi) is 5.53. The molecule has 3 rings (SSSR count). The highest BCUT2D eigenvalue weighted by atomic mass is 16.2. The summed E-state index contributed by atoms with van der Waals surface area (Å²) in [5.74, 6) is -0.710. The Labute approximate surface area is 159 Å². The molecule has 27 heavy (non-hydrogen) atoms. The Hall–Kier alpha value is -2.38. The maximum absolute atomic E-state index is 13.1. The van der Waals surface area contributed by atoms with Gasteiger partial charge < -0.3 is 15.5 Å². The van der Waals surface area contributed by atoms with Crippen molar-refractivity contribution >= 4 is 17.7 Å². The molecular weight excluding hydrogens is 346 g/mol. The molecule has 1 aromatic heterocycles. The summed E-state index contributed by atoms with van der Waals surface area (Å²) in [6, 6.07) is 1.70. The van der Waals surface area contributed by atoms with Gasteiger partial charge in [0.15, 0.2) is 5.69 Å². The van der Waals surface area contributed by atoms with E-state index in [1.165, 1.54) is 10.7 Å². The predicted molar refractivity (Wildman–Crippen MR) is 100 cm³/mol. The highest BCUT2D eigenvalue weighted by Crippen LogP contribution is 2.29. The first-order valence-electron chi connectivity index (χ1n) is 9.89. The lowest BCUT2D eigenvalue weighted by Crippen LogP contribution is -2.65. The van der Waals surface area contributed by atoms with E-state index in [2.05, 4.69) is 15.7 Å². The molecule has 0 radical (unpaired) electrons. The Morgan fingerprint density at radius 3 is 2.63 bits per heavy atom. The molecule has 1 aliphatic heterocycles. The lowest BCUT2D eigenvalue weighted by molar-refractivity contribution is -0.133. The summed E-state index contributed by atoms with van der Waals surface area (Å²) in [5.41, 5.74) is -0.458. The van der Waals surface area contributed by atoms with E-state index >= 15 is 0 Å². The standard InChI is InChI=1S/C19H29N5O3/c1-4-10-23-17(26)15-11-14(16(25)20-5-2)22-24(15)12-19(23,3)18(27)21-13-8-6-7-9-13/h11,13H,4-10,12H2,1-3H3,(H,20,25)(H,21,27)/t19-/m0/s1. The van der Waals surface area contributed by atoms with Crippen molar-refractivity contribution in [1.29, 1.82) is 0 Å². The van der Waals surface area contributed by atoms with Crippen LogP contribution >= 0.6 is 0 Å². The number of fused-ring (bicyclic) bond motifs is 1. The Balaban J connectivity index is 1.91. The second kappa shape index (κ2) is 7.70. The number of hydrogen-bond donors (Lipinski definition) is 2. The minimum Gasteiger partial charge on any atom is -0.351 e. The monoisotopic (exact) mass is 375 g/mol. The summed E-state index contributed by atoms with van der Waals surface area (Å²) in [6.45, 7) is 6.81. The van der Waals surface area contributed by atoms with Gasteiger partial charge in [-0.2, -0.15) is 5.10 Å². The van der Waals surface area contributed by atoms with Gasteiger partial charge in [-0.15, -0.1) is 0 Å². The van der Waals surface area contributed by atoms with Crippen LogP contribution in [0.25, 0.3) is 0 Å². The van der Waals surface area contributed by atoms with Gasteiger partial charge in [0.1, 0.15) is 11.2 Å². The molecule has 1 saturated carbocycles. The van der Waals surface area contributed by atoms with Crippen LogP contribution in [0.15, 0.2) is 6.07 Å². The molecule has 148 valence electrons. The summed E-state index contributed by atoms with van der Waals surface area (Å²) in [7, 11) is 0. The first-order chi connectivity index (χ1) is 12.9. The molecule has 1 aromatic rings. The fourth-order valence-corrected chi connectivity index (χ4v) is 3.99. The predicted octanol–water partition coefficient (Wildman–Crippen LogP) is 1.32. The van der Waals surface area contributed by atoms with Crippen molar-refractivity contribution < 1.29 is 14.4 Å². The van der Waals surface area contributed by atoms with E-state index in [0.717, 1.165) is 32.1 Å². The lowest BCUT2D eigenvalue weighted by atomic mass is 9.94. The fourth-order valence-electron chi connectivity index (χ4n) is 3.99. The second-order valence-electron chi connectivity index (χ2n) is 7.62. The molecule has 0 bridgehead atoms. The number of hydrogen-bond acceptors (Lipinski definition) is 4. The van der Waals surface area contributed by atoms with E-state index in [0.29, 0.717) is 18.8 Å². The van der Waals surface area contributed by atoms with Crippen LogP contribution in [-0.4, -0.2) is 57.1 Å². The Morgan fingerprint density at radius 2 is 2.00 bits per heavy atom. The van der Waals surface area contributed by atoms with E-state index in [1.807, 2.05) is 13.8 Å². The maximum Gasteiger partial charge on any atom is 0.273 e. The molecule has 8 nitrogen and oxygen atoms in total. The molecule has 8 heteroatoms. The van der Waals surface area contributed by atoms with Gasteiger partial charge in [0.05, 0.1) is 6.54 Å². The third kappa shape index (κ3) is 3.57. The van der Waals surface area contributed by atoms with Crippen molar-refractivity contribution in [3.05, 3.63) is 17.5 Å². The molecule has 1 aliphatic carbocycles. The summed E-state index contributed by atoms with van der Waals surface area (Å²) < 4.78 is 1.51. The van der Waals surface area contributed by atoms with Gasteiger partial charge in [0.25, 0.3) is 11.8 Å². The van der Waals surface area contributed by atoms with E-state index in [1.54, 1.807) is 11.8 Å². The molecule has 1 atom stereocenters. The third-order valence-electron chi connectivity index (χ3n) is 5.49. The molecule has 0 saturated heterocycles. The topological polar surface area (TPSA) is 96.3 Å². The van der Waals surface area contributed by atoms with E-state index in [-0.39, 0.29) is 36.0 Å². The van der Waals surface area contributed by atoms with Crippen molar-refractivity contribution in [3.8, 4) is 0 Å². The Morgan fingerprint density at radius 1 is 1.30 bits per heavy atom. The number of nitrogens with zero attached hydrogens (tertiary/aromatic N) is 3. The first kappa shape index (κ1) is 19.4. The van der Waals surface area contributed by atoms with Crippen molar-refractivity contribution in [1.82, 2.24) is 25.3 Å². The van der Waals surface area contributed by atoms with Crippen LogP contribution in [0, 0.1) is 0 Å². The van der Waals surface area contributed by atoms with Crippen LogP contribution in [0.1, 0.15) is 73.9 Å². The normalized spacial score (nSPS) is 22.6. The SMILES string of the molecule is CCCN1C(=O)c2cc(C(=O)NCC)nn2C[C@@]1(C)C(=O)NC1CCCC1. The van der Waals surface area contributed by atoms with E-state index in [9.17, 15) is 14.4 Å². The van der Waals surface area contributed by atoms with Crippen LogP contribution < -0.4 is 10.6 Å². The number of carbonyl (C=O) groups excluding carboxylic acids is 3. The van der Waals surface area contributed by atoms with Crippen LogP contribution in [0.2, 0.25) is 0 Å². The minimum atomic E-state index is -1.02. The van der Waals surface area contributed by atoms with Gasteiger partial charge in [-0.05, 0) is 33.1 Å². The highest BCUT2D eigenvalue weighted by Gasteiger charge is 2.48. The summed E-state index contributed by atoms with van der Waals surface area (Å²) in [6.07, 6.45) is 4.96. The zero-order chi connectivity index (χ0) is 19.6. The number of carbonyl (C=O) groups is 3. The highest BCUT2D eigenvalue weighted by molar-refractivity contribution is 6.01. The van der Waals surface area contributed by atoms with E-state index < -0.39 is 5.54 Å². The van der Waals surface area contributed by atoms with Crippen molar-refractivity contribution in [2.24, 2.45) is 0 Å². The average Bonchev–Trinajstić information content (AvgIpc) is 3.28. The molecule has 0 aromatic carbocycles. The van der Waals surface area contributed by atoms with Gasteiger partial charge in [-0.1, -0.05) is 19.8 Å². The van der Waals surface area contributed by atoms with Gasteiger partial charge in [-0.3, -0.25) is 19.1 Å². The summed E-state index contributed by atoms with van der Waals surface area (Å²) in [5, 5.41) is 10.1. The Bertz CT molecular complexity index is 738. The summed E-state index contributed by atoms with van der Waals surface area (Å²) in [4.78, 5) is 40.0. The fraction of sp³-hybridized carbons (Fsp3) is 0.684. The molecule has 0 unspecified atom stereocenters. The summed E-state index contributed by atoms with van der Waals surface area (Å²) >= 11 is 0. The van der Waals surface area contributed by atoms with Crippen molar-refractivity contribution in [2.45, 2.75) is 71.0 Å². The molecular formula is C19H29N5O3. The largest absolute Gasteiger partial charge is 0.351 e. The zero-order valence-electron chi connectivity index (χ0n) is 16.4. The molecule has 2 aliphatic rings. The molecule has 3 amide bonds. The van der Waals surface area contributed by atoms with Crippen molar-refractivity contribution in [2.75, 3.05) is 13.1 Å². The number of amides is 3. The van der Waals surface area contributed by atoms with Gasteiger partial charge in [0, 0.05) is 25.2 Å². The maximum atomic E-state index is 13.1. The first-order valence-corrected chi connectivity index (χ1v) is 9.89. The van der Waals surface area contributed by atoms with Gasteiger partial charge in [-0.25, -0.2) is 0 Å². The van der Waals surface area contributed by atoms with Crippen LogP contribution in [0.5, 0.6) is 0 Å². The van der Waals surface area contributed by atoms with Gasteiger partial charge >= 0.3 is 0 Å². The quantitative estimate of drug-likeness (QED) is 0.784. The van der Waals surface area contributed by atoms with Crippen molar-refractivity contribution in [3.63, 3.8) is 0 Å². The van der Waals surface area contributed by atoms with Crippen LogP contribution in [0.4, 0.5) is 0 Å².